The maximum absolute atomic E-state index is 6.32. The first kappa shape index (κ1) is 10.8. The van der Waals surface area contributed by atoms with Gasteiger partial charge in [-0.05, 0) is 30.5 Å². The summed E-state index contributed by atoms with van der Waals surface area (Å²) >= 11 is 6.32. The average Bonchev–Trinajstić information content (AvgIpc) is 2.03. The first-order valence-electron chi connectivity index (χ1n) is 4.71. The average molecular weight is 213 g/mol. The van der Waals surface area contributed by atoms with Crippen molar-refractivity contribution >= 4 is 21.8 Å². The number of benzene rings is 1. The fraction of sp³-hybridized carbons (Fsp3) is 0.455. The lowest BCUT2D eigenvalue weighted by atomic mass is 9.95. The highest BCUT2D eigenvalue weighted by molar-refractivity contribution is 6.23. The van der Waals surface area contributed by atoms with E-state index in [1.165, 1.54) is 21.4 Å². The zero-order valence-electron chi connectivity index (χ0n) is 8.76. The van der Waals surface area contributed by atoms with E-state index in [4.69, 9.17) is 11.6 Å². The van der Waals surface area contributed by atoms with Crippen molar-refractivity contribution in [2.24, 2.45) is 0 Å². The summed E-state index contributed by atoms with van der Waals surface area (Å²) in [6, 6.07) is 8.48. The summed E-state index contributed by atoms with van der Waals surface area (Å²) in [5, 5.41) is 0. The largest absolute Gasteiger partial charge is 0.115 e. The minimum Gasteiger partial charge on any atom is -0.115 e. The van der Waals surface area contributed by atoms with Crippen molar-refractivity contribution in [2.75, 3.05) is 0 Å². The van der Waals surface area contributed by atoms with Gasteiger partial charge in [-0.25, -0.2) is 0 Å². The molecule has 0 bridgehead atoms. The van der Waals surface area contributed by atoms with E-state index in [2.05, 4.69) is 45.0 Å². The van der Waals surface area contributed by atoms with Crippen molar-refractivity contribution in [1.82, 2.24) is 0 Å². The molecular formula is C11H17ClSi. The van der Waals surface area contributed by atoms with Crippen LogP contribution in [0.1, 0.15) is 37.4 Å². The molecule has 0 aliphatic rings. The molecule has 0 aliphatic carbocycles. The second-order valence-electron chi connectivity index (χ2n) is 4.21. The van der Waals surface area contributed by atoms with Crippen LogP contribution < -0.4 is 0 Å². The molecule has 0 radical (unpaired) electrons. The van der Waals surface area contributed by atoms with E-state index in [9.17, 15) is 0 Å². The summed E-state index contributed by atoms with van der Waals surface area (Å²) in [4.78, 5) is -0.241. The lowest BCUT2D eigenvalue weighted by Gasteiger charge is -2.22. The van der Waals surface area contributed by atoms with E-state index in [1.807, 2.05) is 0 Å². The quantitative estimate of drug-likeness (QED) is 0.522. The Morgan fingerprint density at radius 2 is 1.85 bits per heavy atom. The van der Waals surface area contributed by atoms with Gasteiger partial charge in [0.15, 0.2) is 0 Å². The van der Waals surface area contributed by atoms with Gasteiger partial charge in [0.05, 0.1) is 4.87 Å². The Balaban J connectivity index is 3.20. The molecule has 72 valence electrons. The molecule has 1 aromatic carbocycles. The van der Waals surface area contributed by atoms with Gasteiger partial charge < -0.3 is 0 Å². The summed E-state index contributed by atoms with van der Waals surface area (Å²) < 4.78 is 0. The van der Waals surface area contributed by atoms with E-state index in [0.29, 0.717) is 5.54 Å². The molecule has 0 fully saturated rings. The Morgan fingerprint density at radius 1 is 1.31 bits per heavy atom. The summed E-state index contributed by atoms with van der Waals surface area (Å²) in [5.74, 6) is 0. The number of rotatable bonds is 2. The number of alkyl halides is 1. The molecule has 1 rings (SSSR count). The normalized spacial score (nSPS) is 14.5. The first-order chi connectivity index (χ1) is 5.93. The van der Waals surface area contributed by atoms with Gasteiger partial charge in [-0.15, -0.1) is 11.6 Å². The SMILES string of the molecule is CC([SiH3])c1ccccc1C(C)(C)Cl. The van der Waals surface area contributed by atoms with Crippen LogP contribution in [-0.4, -0.2) is 10.2 Å². The molecule has 0 amide bonds. The molecule has 0 aromatic heterocycles. The molecule has 0 spiro atoms. The van der Waals surface area contributed by atoms with Crippen LogP contribution in [0, 0.1) is 0 Å². The highest BCUT2D eigenvalue weighted by Gasteiger charge is 2.20. The molecule has 0 aliphatic heterocycles. The summed E-state index contributed by atoms with van der Waals surface area (Å²) in [6.45, 7) is 6.36. The van der Waals surface area contributed by atoms with Crippen LogP contribution >= 0.6 is 11.6 Å². The molecule has 0 heterocycles. The van der Waals surface area contributed by atoms with Crippen LogP contribution in [0.3, 0.4) is 0 Å². The Labute approximate surface area is 88.7 Å². The zero-order chi connectivity index (χ0) is 10.1. The van der Waals surface area contributed by atoms with E-state index in [-0.39, 0.29) is 4.87 Å². The topological polar surface area (TPSA) is 0 Å². The van der Waals surface area contributed by atoms with Gasteiger partial charge in [0.2, 0.25) is 0 Å². The van der Waals surface area contributed by atoms with Crippen molar-refractivity contribution < 1.29 is 0 Å². The molecule has 1 aromatic rings. The Bertz CT molecular complexity index is 286. The summed E-state index contributed by atoms with van der Waals surface area (Å²) in [6.07, 6.45) is 0. The molecule has 0 nitrogen and oxygen atoms in total. The molecule has 0 saturated heterocycles. The summed E-state index contributed by atoms with van der Waals surface area (Å²) in [7, 11) is 1.18. The van der Waals surface area contributed by atoms with E-state index >= 15 is 0 Å². The monoisotopic (exact) mass is 212 g/mol. The maximum Gasteiger partial charge on any atom is 0.0641 e. The predicted molar refractivity (Wildman–Crippen MR) is 63.7 cm³/mol. The van der Waals surface area contributed by atoms with Gasteiger partial charge in [-0.2, -0.15) is 0 Å². The smallest absolute Gasteiger partial charge is 0.0641 e. The Hall–Kier alpha value is -0.273. The van der Waals surface area contributed by atoms with Crippen molar-refractivity contribution in [3.05, 3.63) is 35.4 Å². The van der Waals surface area contributed by atoms with E-state index in [0.717, 1.165) is 0 Å². The van der Waals surface area contributed by atoms with E-state index < -0.39 is 0 Å². The molecule has 2 heteroatoms. The lowest BCUT2D eigenvalue weighted by Crippen LogP contribution is -2.12. The third-order valence-corrected chi connectivity index (χ3v) is 3.05. The Morgan fingerprint density at radius 3 is 2.23 bits per heavy atom. The van der Waals surface area contributed by atoms with Crippen molar-refractivity contribution in [3.8, 4) is 0 Å². The van der Waals surface area contributed by atoms with Crippen molar-refractivity contribution in [3.63, 3.8) is 0 Å². The minimum absolute atomic E-state index is 0.241. The molecule has 1 unspecified atom stereocenters. The van der Waals surface area contributed by atoms with Crippen molar-refractivity contribution in [2.45, 2.75) is 31.2 Å². The fourth-order valence-corrected chi connectivity index (χ4v) is 2.22. The second-order valence-corrected chi connectivity index (χ2v) is 6.89. The highest BCUT2D eigenvalue weighted by Crippen LogP contribution is 2.32. The summed E-state index contributed by atoms with van der Waals surface area (Å²) in [5.41, 5.74) is 3.36. The molecule has 0 N–H and O–H groups in total. The number of hydrogen-bond acceptors (Lipinski definition) is 0. The van der Waals surface area contributed by atoms with Gasteiger partial charge in [0.1, 0.15) is 0 Å². The Kier molecular flexibility index (Phi) is 3.20. The molecular weight excluding hydrogens is 196 g/mol. The van der Waals surface area contributed by atoms with Gasteiger partial charge in [0, 0.05) is 10.2 Å². The predicted octanol–water partition coefficient (Wildman–Crippen LogP) is 2.59. The second kappa shape index (κ2) is 3.85. The molecule has 0 saturated carbocycles. The van der Waals surface area contributed by atoms with Crippen LogP contribution in [0.2, 0.25) is 0 Å². The highest BCUT2D eigenvalue weighted by atomic mass is 35.5. The van der Waals surface area contributed by atoms with Crippen LogP contribution in [0.15, 0.2) is 24.3 Å². The standard InChI is InChI=1S/C11H17ClSi/c1-8(13)9-6-4-5-7-10(9)11(2,3)12/h4-8H,1-3,13H3. The lowest BCUT2D eigenvalue weighted by molar-refractivity contribution is 0.749. The maximum atomic E-state index is 6.32. The van der Waals surface area contributed by atoms with Crippen LogP contribution in [0.4, 0.5) is 0 Å². The third kappa shape index (κ3) is 2.58. The fourth-order valence-electron chi connectivity index (χ4n) is 1.54. The number of halogens is 1. The van der Waals surface area contributed by atoms with Crippen LogP contribution in [-0.2, 0) is 4.87 Å². The van der Waals surface area contributed by atoms with E-state index in [1.54, 1.807) is 0 Å². The van der Waals surface area contributed by atoms with Crippen molar-refractivity contribution in [1.29, 1.82) is 0 Å². The third-order valence-electron chi connectivity index (χ3n) is 2.22. The van der Waals surface area contributed by atoms with Crippen LogP contribution in [0.5, 0.6) is 0 Å². The van der Waals surface area contributed by atoms with Gasteiger partial charge >= 0.3 is 0 Å². The first-order valence-corrected chi connectivity index (χ1v) is 6.24. The van der Waals surface area contributed by atoms with Gasteiger partial charge in [-0.1, -0.05) is 31.2 Å². The number of hydrogen-bond donors (Lipinski definition) is 0. The molecule has 13 heavy (non-hydrogen) atoms. The van der Waals surface area contributed by atoms with Crippen LogP contribution in [0.25, 0.3) is 0 Å². The molecule has 1 atom stereocenters. The van der Waals surface area contributed by atoms with Gasteiger partial charge in [-0.3, -0.25) is 0 Å². The zero-order valence-corrected chi connectivity index (χ0v) is 11.5. The minimum atomic E-state index is -0.241. The van der Waals surface area contributed by atoms with Gasteiger partial charge in [0.25, 0.3) is 0 Å².